The van der Waals surface area contributed by atoms with Crippen LogP contribution >= 0.6 is 0 Å². The number of nitrogens with one attached hydrogen (secondary N) is 2. The van der Waals surface area contributed by atoms with Crippen molar-refractivity contribution < 1.29 is 4.79 Å². The van der Waals surface area contributed by atoms with Gasteiger partial charge in [-0.1, -0.05) is 12.8 Å². The zero-order valence-corrected chi connectivity index (χ0v) is 8.86. The molecule has 1 aliphatic rings. The number of nitrogens with zero attached hydrogens (tertiary/aromatic N) is 2. The highest BCUT2D eigenvalue weighted by atomic mass is 16.2. The number of aromatic nitrogens is 3. The highest BCUT2D eigenvalue weighted by molar-refractivity contribution is 5.90. The van der Waals surface area contributed by atoms with E-state index in [1.807, 2.05) is 0 Å². The van der Waals surface area contributed by atoms with E-state index in [0.29, 0.717) is 11.7 Å². The van der Waals surface area contributed by atoms with Crippen molar-refractivity contribution >= 4 is 5.91 Å². The predicted molar refractivity (Wildman–Crippen MR) is 55.3 cm³/mol. The van der Waals surface area contributed by atoms with Crippen molar-refractivity contribution in [2.24, 2.45) is 5.92 Å². The molecule has 1 aliphatic carbocycles. The average molecular weight is 208 g/mol. The molecule has 0 saturated heterocycles. The first-order valence-corrected chi connectivity index (χ1v) is 5.43. The normalized spacial score (nSPS) is 19.0. The number of rotatable bonds is 3. The molecule has 1 heterocycles. The van der Waals surface area contributed by atoms with E-state index in [1.165, 1.54) is 32.0 Å². The standard InChI is InChI=1S/C10H16N4O/c1-7(8-4-2-3-5-8)13-10(15)9-11-6-12-14-9/h6-8H,2-5H2,1H3,(H,13,15)(H,11,12,14). The molecule has 1 atom stereocenters. The number of amides is 1. The summed E-state index contributed by atoms with van der Waals surface area (Å²) in [5.74, 6) is 0.753. The molecule has 0 spiro atoms. The van der Waals surface area contributed by atoms with Gasteiger partial charge in [0.05, 0.1) is 0 Å². The minimum Gasteiger partial charge on any atom is -0.347 e. The molecule has 82 valence electrons. The Balaban J connectivity index is 1.88. The molecule has 2 N–H and O–H groups in total. The molecule has 15 heavy (non-hydrogen) atoms. The number of hydrogen-bond donors (Lipinski definition) is 2. The summed E-state index contributed by atoms with van der Waals surface area (Å²) in [5.41, 5.74) is 0. The molecule has 0 aromatic carbocycles. The molecule has 1 fully saturated rings. The number of aromatic amines is 1. The third-order valence-electron chi connectivity index (χ3n) is 3.10. The van der Waals surface area contributed by atoms with Crippen LogP contribution in [0.15, 0.2) is 6.33 Å². The van der Waals surface area contributed by atoms with E-state index in [4.69, 9.17) is 0 Å². The second-order valence-electron chi connectivity index (χ2n) is 4.14. The Bertz CT molecular complexity index is 316. The van der Waals surface area contributed by atoms with Crippen LogP contribution < -0.4 is 5.32 Å². The van der Waals surface area contributed by atoms with Crippen LogP contribution in [-0.2, 0) is 0 Å². The monoisotopic (exact) mass is 208 g/mol. The molecule has 5 heteroatoms. The van der Waals surface area contributed by atoms with Crippen LogP contribution in [0.3, 0.4) is 0 Å². The zero-order valence-electron chi connectivity index (χ0n) is 8.86. The third kappa shape index (κ3) is 2.34. The summed E-state index contributed by atoms with van der Waals surface area (Å²) in [6.07, 6.45) is 6.35. The smallest absolute Gasteiger partial charge is 0.288 e. The van der Waals surface area contributed by atoms with Crippen molar-refractivity contribution in [1.82, 2.24) is 20.5 Å². The fourth-order valence-electron chi connectivity index (χ4n) is 2.17. The van der Waals surface area contributed by atoms with Gasteiger partial charge < -0.3 is 5.32 Å². The van der Waals surface area contributed by atoms with Crippen LogP contribution in [-0.4, -0.2) is 27.1 Å². The first-order chi connectivity index (χ1) is 7.27. The van der Waals surface area contributed by atoms with Crippen molar-refractivity contribution in [1.29, 1.82) is 0 Å². The number of H-pyrrole nitrogens is 1. The van der Waals surface area contributed by atoms with Gasteiger partial charge in [0.2, 0.25) is 5.82 Å². The lowest BCUT2D eigenvalue weighted by Gasteiger charge is -2.19. The summed E-state index contributed by atoms with van der Waals surface area (Å²) < 4.78 is 0. The average Bonchev–Trinajstić information content (AvgIpc) is 2.91. The van der Waals surface area contributed by atoms with Gasteiger partial charge in [-0.2, -0.15) is 5.10 Å². The number of hydrogen-bond acceptors (Lipinski definition) is 3. The van der Waals surface area contributed by atoms with Gasteiger partial charge in [0.25, 0.3) is 5.91 Å². The lowest BCUT2D eigenvalue weighted by Crippen LogP contribution is -2.37. The van der Waals surface area contributed by atoms with Crippen molar-refractivity contribution in [2.75, 3.05) is 0 Å². The Morgan fingerprint density at radius 3 is 2.93 bits per heavy atom. The maximum atomic E-state index is 11.6. The van der Waals surface area contributed by atoms with Crippen molar-refractivity contribution in [3.8, 4) is 0 Å². The maximum absolute atomic E-state index is 11.6. The van der Waals surface area contributed by atoms with Gasteiger partial charge in [-0.05, 0) is 25.7 Å². The van der Waals surface area contributed by atoms with Crippen molar-refractivity contribution in [2.45, 2.75) is 38.6 Å². The highest BCUT2D eigenvalue weighted by Crippen LogP contribution is 2.27. The van der Waals surface area contributed by atoms with Crippen LogP contribution in [0.5, 0.6) is 0 Å². The van der Waals surface area contributed by atoms with Gasteiger partial charge in [0.1, 0.15) is 6.33 Å². The second-order valence-corrected chi connectivity index (χ2v) is 4.14. The second kappa shape index (κ2) is 4.42. The summed E-state index contributed by atoms with van der Waals surface area (Å²) in [7, 11) is 0. The third-order valence-corrected chi connectivity index (χ3v) is 3.10. The molecule has 2 rings (SSSR count). The lowest BCUT2D eigenvalue weighted by atomic mass is 10.00. The van der Waals surface area contributed by atoms with E-state index in [2.05, 4.69) is 27.4 Å². The quantitative estimate of drug-likeness (QED) is 0.781. The van der Waals surface area contributed by atoms with E-state index >= 15 is 0 Å². The Hall–Kier alpha value is -1.39. The summed E-state index contributed by atoms with van der Waals surface area (Å²) in [4.78, 5) is 15.4. The molecule has 0 aliphatic heterocycles. The molecule has 1 amide bonds. The zero-order chi connectivity index (χ0) is 10.7. The molecule has 0 bridgehead atoms. The molecule has 5 nitrogen and oxygen atoms in total. The SMILES string of the molecule is CC(NC(=O)c1ncn[nH]1)C1CCCC1. The van der Waals surface area contributed by atoms with E-state index < -0.39 is 0 Å². The van der Waals surface area contributed by atoms with Crippen LogP contribution in [0.2, 0.25) is 0 Å². The van der Waals surface area contributed by atoms with Crippen LogP contribution in [0.25, 0.3) is 0 Å². The Morgan fingerprint density at radius 2 is 2.33 bits per heavy atom. The van der Waals surface area contributed by atoms with Crippen LogP contribution in [0.4, 0.5) is 0 Å². The molecule has 1 unspecified atom stereocenters. The van der Waals surface area contributed by atoms with Gasteiger partial charge >= 0.3 is 0 Å². The van der Waals surface area contributed by atoms with E-state index in [0.717, 1.165) is 0 Å². The summed E-state index contributed by atoms with van der Waals surface area (Å²) in [6.45, 7) is 2.06. The first-order valence-electron chi connectivity index (χ1n) is 5.43. The Labute approximate surface area is 88.7 Å². The summed E-state index contributed by atoms with van der Waals surface area (Å²) in [5, 5.41) is 9.16. The van der Waals surface area contributed by atoms with Crippen LogP contribution in [0.1, 0.15) is 43.2 Å². The summed E-state index contributed by atoms with van der Waals surface area (Å²) in [6, 6.07) is 0.227. The largest absolute Gasteiger partial charge is 0.347 e. The molecular weight excluding hydrogens is 192 g/mol. The van der Waals surface area contributed by atoms with E-state index in [1.54, 1.807) is 0 Å². The first kappa shape index (κ1) is 10.1. The lowest BCUT2D eigenvalue weighted by molar-refractivity contribution is 0.0917. The number of carbonyl (C=O) groups is 1. The minimum atomic E-state index is -0.160. The Morgan fingerprint density at radius 1 is 1.60 bits per heavy atom. The van der Waals surface area contributed by atoms with Gasteiger partial charge in [-0.15, -0.1) is 0 Å². The van der Waals surface area contributed by atoms with Gasteiger partial charge in [0.15, 0.2) is 0 Å². The molecule has 1 saturated carbocycles. The predicted octanol–water partition coefficient (Wildman–Crippen LogP) is 1.11. The molecule has 1 aromatic rings. The maximum Gasteiger partial charge on any atom is 0.288 e. The molecule has 0 radical (unpaired) electrons. The Kier molecular flexibility index (Phi) is 2.99. The van der Waals surface area contributed by atoms with Gasteiger partial charge in [-0.3, -0.25) is 9.89 Å². The topological polar surface area (TPSA) is 70.7 Å². The van der Waals surface area contributed by atoms with Crippen molar-refractivity contribution in [3.63, 3.8) is 0 Å². The van der Waals surface area contributed by atoms with Gasteiger partial charge in [-0.25, -0.2) is 4.98 Å². The fraction of sp³-hybridized carbons (Fsp3) is 0.700. The summed E-state index contributed by atoms with van der Waals surface area (Å²) >= 11 is 0. The molecule has 1 aromatic heterocycles. The molecular formula is C10H16N4O. The van der Waals surface area contributed by atoms with Crippen molar-refractivity contribution in [3.05, 3.63) is 12.2 Å². The fourth-order valence-corrected chi connectivity index (χ4v) is 2.17. The number of carbonyl (C=O) groups excluding carboxylic acids is 1. The highest BCUT2D eigenvalue weighted by Gasteiger charge is 2.23. The van der Waals surface area contributed by atoms with Crippen LogP contribution in [0, 0.1) is 5.92 Å². The van der Waals surface area contributed by atoms with E-state index in [-0.39, 0.29) is 11.9 Å². The van der Waals surface area contributed by atoms with E-state index in [9.17, 15) is 4.79 Å². The minimum absolute atomic E-state index is 0.160. The van der Waals surface area contributed by atoms with Gasteiger partial charge in [0, 0.05) is 6.04 Å².